The minimum Gasteiger partial charge on any atom is -0.508 e. The van der Waals surface area contributed by atoms with E-state index in [1.807, 2.05) is 26.1 Å². The van der Waals surface area contributed by atoms with Gasteiger partial charge in [0, 0.05) is 17.3 Å². The van der Waals surface area contributed by atoms with Gasteiger partial charge in [-0.15, -0.1) is 0 Å². The Morgan fingerprint density at radius 3 is 2.90 bits per heavy atom. The number of ether oxygens (including phenoxy) is 1. The molecule has 3 N–H and O–H groups in total. The molecular weight excluding hydrogens is 266 g/mol. The van der Waals surface area contributed by atoms with E-state index in [0.717, 1.165) is 36.4 Å². The van der Waals surface area contributed by atoms with Crippen molar-refractivity contribution in [1.29, 1.82) is 0 Å². The van der Waals surface area contributed by atoms with Crippen molar-refractivity contribution in [3.63, 3.8) is 0 Å². The van der Waals surface area contributed by atoms with Crippen LogP contribution in [-0.2, 0) is 6.42 Å². The van der Waals surface area contributed by atoms with Gasteiger partial charge in [0.15, 0.2) is 0 Å². The number of aromatic hydroxyl groups is 1. The molecule has 0 amide bonds. The minimum absolute atomic E-state index is 0.0746. The van der Waals surface area contributed by atoms with Crippen molar-refractivity contribution in [2.75, 3.05) is 13.7 Å². The van der Waals surface area contributed by atoms with Crippen molar-refractivity contribution in [1.82, 2.24) is 15.5 Å². The molecule has 1 aromatic heterocycles. The first kappa shape index (κ1) is 15.4. The Balaban J connectivity index is 1.84. The van der Waals surface area contributed by atoms with Crippen LogP contribution in [0, 0.1) is 6.92 Å². The summed E-state index contributed by atoms with van der Waals surface area (Å²) in [5, 5.41) is 20.3. The van der Waals surface area contributed by atoms with Crippen LogP contribution in [-0.4, -0.2) is 29.0 Å². The third-order valence-electron chi connectivity index (χ3n) is 3.71. The maximum Gasteiger partial charge on any atom is 0.120 e. The van der Waals surface area contributed by atoms with Gasteiger partial charge in [0.1, 0.15) is 11.5 Å². The summed E-state index contributed by atoms with van der Waals surface area (Å²) >= 11 is 0. The van der Waals surface area contributed by atoms with Crippen LogP contribution in [0.4, 0.5) is 0 Å². The van der Waals surface area contributed by atoms with Crippen molar-refractivity contribution in [2.45, 2.75) is 32.7 Å². The molecule has 21 heavy (non-hydrogen) atoms. The number of aryl methyl sites for hydroxylation is 2. The van der Waals surface area contributed by atoms with Gasteiger partial charge < -0.3 is 15.2 Å². The van der Waals surface area contributed by atoms with Crippen molar-refractivity contribution in [3.05, 3.63) is 41.2 Å². The first-order valence-corrected chi connectivity index (χ1v) is 7.21. The van der Waals surface area contributed by atoms with Crippen LogP contribution in [0.1, 0.15) is 36.2 Å². The Morgan fingerprint density at radius 2 is 2.24 bits per heavy atom. The molecule has 0 aliphatic rings. The Hall–Kier alpha value is -2.01. The van der Waals surface area contributed by atoms with E-state index in [9.17, 15) is 5.11 Å². The Morgan fingerprint density at radius 1 is 1.43 bits per heavy atom. The second kappa shape index (κ2) is 7.13. The van der Waals surface area contributed by atoms with Gasteiger partial charge in [0.05, 0.1) is 13.3 Å². The Bertz CT molecular complexity index is 581. The highest BCUT2D eigenvalue weighted by Crippen LogP contribution is 2.28. The monoisotopic (exact) mass is 289 g/mol. The number of methoxy groups -OCH3 is 1. The summed E-state index contributed by atoms with van der Waals surface area (Å²) in [6.07, 6.45) is 3.90. The van der Waals surface area contributed by atoms with Gasteiger partial charge in [0.25, 0.3) is 0 Å². The number of hydrogen-bond donors (Lipinski definition) is 3. The summed E-state index contributed by atoms with van der Waals surface area (Å²) in [4.78, 5) is 0. The molecule has 0 aliphatic carbocycles. The van der Waals surface area contributed by atoms with E-state index in [0.29, 0.717) is 5.75 Å². The molecule has 5 heteroatoms. The van der Waals surface area contributed by atoms with E-state index in [1.54, 1.807) is 19.2 Å². The number of phenols is 1. The lowest BCUT2D eigenvalue weighted by Gasteiger charge is -2.16. The maximum atomic E-state index is 9.94. The number of nitrogens with zero attached hydrogens (tertiary/aromatic N) is 1. The van der Waals surface area contributed by atoms with E-state index in [4.69, 9.17) is 4.74 Å². The molecule has 0 spiro atoms. The molecule has 0 aliphatic heterocycles. The molecule has 0 saturated carbocycles. The van der Waals surface area contributed by atoms with Crippen LogP contribution >= 0.6 is 0 Å². The van der Waals surface area contributed by atoms with Crippen LogP contribution in [0.5, 0.6) is 11.5 Å². The molecule has 0 fully saturated rings. The van der Waals surface area contributed by atoms with Crippen LogP contribution in [0.15, 0.2) is 24.4 Å². The number of benzene rings is 1. The average molecular weight is 289 g/mol. The quantitative estimate of drug-likeness (QED) is 0.685. The summed E-state index contributed by atoms with van der Waals surface area (Å²) < 4.78 is 5.20. The van der Waals surface area contributed by atoms with Crippen LogP contribution in [0.25, 0.3) is 0 Å². The number of aromatic nitrogens is 2. The molecule has 2 aromatic rings. The van der Waals surface area contributed by atoms with E-state index < -0.39 is 0 Å². The zero-order chi connectivity index (χ0) is 15.2. The smallest absolute Gasteiger partial charge is 0.120 e. The highest BCUT2D eigenvalue weighted by Gasteiger charge is 2.11. The molecular formula is C16H23N3O2. The first-order valence-electron chi connectivity index (χ1n) is 7.21. The summed E-state index contributed by atoms with van der Waals surface area (Å²) in [7, 11) is 1.63. The number of phenolic OH excluding ortho intramolecular Hbond substituents is 1. The van der Waals surface area contributed by atoms with Gasteiger partial charge in [0.2, 0.25) is 0 Å². The highest BCUT2D eigenvalue weighted by atomic mass is 16.5. The molecule has 114 valence electrons. The Kier molecular flexibility index (Phi) is 5.22. The molecule has 5 nitrogen and oxygen atoms in total. The van der Waals surface area contributed by atoms with E-state index in [1.165, 1.54) is 5.56 Å². The summed E-state index contributed by atoms with van der Waals surface area (Å²) in [5.41, 5.74) is 3.25. The molecule has 1 heterocycles. The molecule has 0 bridgehead atoms. The number of aromatic amines is 1. The van der Waals surface area contributed by atoms with Crippen LogP contribution in [0.2, 0.25) is 0 Å². The number of rotatable bonds is 7. The SMILES string of the molecule is COc1ccc(O)c(C(C)NCCCc2cn[nH]c2C)c1. The van der Waals surface area contributed by atoms with Gasteiger partial charge in [-0.05, 0) is 57.0 Å². The summed E-state index contributed by atoms with van der Waals surface area (Å²) in [6, 6.07) is 5.37. The average Bonchev–Trinajstić information content (AvgIpc) is 2.89. The number of hydrogen-bond acceptors (Lipinski definition) is 4. The predicted octanol–water partition coefficient (Wildman–Crippen LogP) is 2.72. The van der Waals surface area contributed by atoms with Crippen LogP contribution < -0.4 is 10.1 Å². The van der Waals surface area contributed by atoms with E-state index >= 15 is 0 Å². The Labute approximate surface area is 125 Å². The van der Waals surface area contributed by atoms with Crippen molar-refractivity contribution >= 4 is 0 Å². The van der Waals surface area contributed by atoms with Gasteiger partial charge in [-0.25, -0.2) is 0 Å². The lowest BCUT2D eigenvalue weighted by atomic mass is 10.1. The second-order valence-electron chi connectivity index (χ2n) is 5.22. The standard InChI is InChI=1S/C16H23N3O2/c1-11-13(10-18-19-11)5-4-8-17-12(2)15-9-14(21-3)6-7-16(15)20/h6-7,9-10,12,17,20H,4-5,8H2,1-3H3,(H,18,19). The lowest BCUT2D eigenvalue weighted by molar-refractivity contribution is 0.407. The zero-order valence-electron chi connectivity index (χ0n) is 12.8. The molecule has 0 saturated heterocycles. The third-order valence-corrected chi connectivity index (χ3v) is 3.71. The fourth-order valence-corrected chi connectivity index (χ4v) is 2.34. The maximum absolute atomic E-state index is 9.94. The van der Waals surface area contributed by atoms with E-state index in [2.05, 4.69) is 15.5 Å². The minimum atomic E-state index is 0.0746. The zero-order valence-corrected chi connectivity index (χ0v) is 12.8. The van der Waals surface area contributed by atoms with Crippen LogP contribution in [0.3, 0.4) is 0 Å². The van der Waals surface area contributed by atoms with Gasteiger partial charge in [-0.2, -0.15) is 5.10 Å². The van der Waals surface area contributed by atoms with E-state index in [-0.39, 0.29) is 6.04 Å². The normalized spacial score (nSPS) is 12.3. The second-order valence-corrected chi connectivity index (χ2v) is 5.22. The highest BCUT2D eigenvalue weighted by molar-refractivity contribution is 5.41. The molecule has 1 atom stereocenters. The van der Waals surface area contributed by atoms with Gasteiger partial charge in [-0.3, -0.25) is 5.10 Å². The third kappa shape index (κ3) is 3.98. The summed E-state index contributed by atoms with van der Waals surface area (Å²) in [6.45, 7) is 4.95. The fourth-order valence-electron chi connectivity index (χ4n) is 2.34. The largest absolute Gasteiger partial charge is 0.508 e. The number of H-pyrrole nitrogens is 1. The van der Waals surface area contributed by atoms with Crippen molar-refractivity contribution in [3.8, 4) is 11.5 Å². The van der Waals surface area contributed by atoms with Gasteiger partial charge in [-0.1, -0.05) is 0 Å². The van der Waals surface area contributed by atoms with Gasteiger partial charge >= 0.3 is 0 Å². The number of nitrogens with one attached hydrogen (secondary N) is 2. The van der Waals surface area contributed by atoms with Crippen molar-refractivity contribution < 1.29 is 9.84 Å². The molecule has 0 radical (unpaired) electrons. The molecule has 1 unspecified atom stereocenters. The molecule has 2 rings (SSSR count). The van der Waals surface area contributed by atoms with Crippen molar-refractivity contribution in [2.24, 2.45) is 0 Å². The predicted molar refractivity (Wildman–Crippen MR) is 82.7 cm³/mol. The fraction of sp³-hybridized carbons (Fsp3) is 0.438. The first-order chi connectivity index (χ1) is 10.1. The summed E-state index contributed by atoms with van der Waals surface area (Å²) in [5.74, 6) is 1.05. The molecule has 1 aromatic carbocycles. The lowest BCUT2D eigenvalue weighted by Crippen LogP contribution is -2.20. The topological polar surface area (TPSA) is 70.2 Å².